The molecular weight excluding hydrogens is 853 g/mol. The number of hydrogen-bond donors (Lipinski definition) is 0. The Kier molecular flexibility index (Phi) is 7.11. The van der Waals surface area contributed by atoms with Crippen LogP contribution in [0.3, 0.4) is 0 Å². The van der Waals surface area contributed by atoms with Crippen LogP contribution in [-0.4, -0.2) is 0 Å². The van der Waals surface area contributed by atoms with Gasteiger partial charge in [-0.2, -0.15) is 0 Å². The van der Waals surface area contributed by atoms with E-state index < -0.39 is 0 Å². The van der Waals surface area contributed by atoms with Gasteiger partial charge in [-0.3, -0.25) is 0 Å². The second kappa shape index (κ2) is 13.3. The van der Waals surface area contributed by atoms with Crippen LogP contribution in [0.15, 0.2) is 218 Å². The molecule has 0 fully saturated rings. The van der Waals surface area contributed by atoms with Crippen LogP contribution >= 0.6 is 0 Å². The third-order valence-electron chi connectivity index (χ3n) is 17.3. The lowest BCUT2D eigenvalue weighted by molar-refractivity contribution is 0.661. The molecule has 0 heterocycles. The largest absolute Gasteiger partial charge is 0.0616 e. The fourth-order valence-corrected chi connectivity index (χ4v) is 14.3. The van der Waals surface area contributed by atoms with E-state index in [2.05, 4.69) is 232 Å². The average Bonchev–Trinajstić information content (AvgIpc) is 4.11. The zero-order valence-corrected chi connectivity index (χ0v) is 39.3. The molecule has 0 heteroatoms. The molecule has 4 aliphatic carbocycles. The topological polar surface area (TPSA) is 0 Å². The molecule has 13 aromatic carbocycles. The highest BCUT2D eigenvalue weighted by molar-refractivity contribution is 6.30. The summed E-state index contributed by atoms with van der Waals surface area (Å²) >= 11 is 0. The van der Waals surface area contributed by atoms with Crippen molar-refractivity contribution in [1.82, 2.24) is 0 Å². The minimum Gasteiger partial charge on any atom is -0.0616 e. The van der Waals surface area contributed by atoms with Crippen molar-refractivity contribution in [3.63, 3.8) is 0 Å². The third-order valence-corrected chi connectivity index (χ3v) is 17.3. The molecule has 13 aromatic rings. The van der Waals surface area contributed by atoms with E-state index in [1.807, 2.05) is 0 Å². The zero-order valence-electron chi connectivity index (χ0n) is 39.3. The van der Waals surface area contributed by atoms with Crippen LogP contribution in [0.2, 0.25) is 0 Å². The predicted octanol–water partition coefficient (Wildman–Crippen LogP) is 19.7. The van der Waals surface area contributed by atoms with Gasteiger partial charge in [0.05, 0.1) is 0 Å². The summed E-state index contributed by atoms with van der Waals surface area (Å²) < 4.78 is 0. The summed E-state index contributed by atoms with van der Waals surface area (Å²) in [7, 11) is 0. The highest BCUT2D eigenvalue weighted by atomic mass is 14.4. The Morgan fingerprint density at radius 2 is 0.535 bits per heavy atom. The molecule has 0 bridgehead atoms. The Labute approximate surface area is 411 Å². The first-order chi connectivity index (χ1) is 35.0. The highest BCUT2D eigenvalue weighted by Gasteiger charge is 2.38. The molecule has 0 aliphatic heterocycles. The Morgan fingerprint density at radius 3 is 1.00 bits per heavy atom. The van der Waals surface area contributed by atoms with Gasteiger partial charge in [0.1, 0.15) is 0 Å². The van der Waals surface area contributed by atoms with Crippen LogP contribution in [0.5, 0.6) is 0 Å². The van der Waals surface area contributed by atoms with Crippen molar-refractivity contribution in [2.45, 2.75) is 19.3 Å². The molecule has 4 aliphatic rings. The summed E-state index contributed by atoms with van der Waals surface area (Å²) in [6.45, 7) is 4.91. The molecule has 0 aromatic heterocycles. The van der Waals surface area contributed by atoms with E-state index in [0.717, 1.165) is 0 Å². The maximum absolute atomic E-state index is 2.61. The van der Waals surface area contributed by atoms with Crippen molar-refractivity contribution in [2.75, 3.05) is 0 Å². The van der Waals surface area contributed by atoms with E-state index in [1.54, 1.807) is 0 Å². The summed E-state index contributed by atoms with van der Waals surface area (Å²) in [6, 6.07) is 83.7. The molecule has 326 valence electrons. The Hall–Kier alpha value is -8.84. The van der Waals surface area contributed by atoms with Crippen molar-refractivity contribution in [2.24, 2.45) is 0 Å². The number of rotatable bonds is 3. The van der Waals surface area contributed by atoms with Gasteiger partial charge in [0.2, 0.25) is 0 Å². The summed E-state index contributed by atoms with van der Waals surface area (Å²) in [4.78, 5) is 0. The van der Waals surface area contributed by atoms with E-state index in [0.29, 0.717) is 0 Å². The second-order valence-corrected chi connectivity index (χ2v) is 20.9. The fraction of sp³-hybridized carbons (Fsp3) is 0.0423. The first kappa shape index (κ1) is 38.1. The van der Waals surface area contributed by atoms with Crippen LogP contribution in [0.25, 0.3) is 165 Å². The molecule has 17 rings (SSSR count). The van der Waals surface area contributed by atoms with Crippen molar-refractivity contribution < 1.29 is 0 Å². The minimum absolute atomic E-state index is 0.263. The number of fused-ring (bicyclic) bond motifs is 14. The summed E-state index contributed by atoms with van der Waals surface area (Å²) in [5.74, 6) is 0. The number of benzene rings is 13. The van der Waals surface area contributed by atoms with Gasteiger partial charge in [-0.25, -0.2) is 0 Å². The predicted molar refractivity (Wildman–Crippen MR) is 301 cm³/mol. The first-order valence-electron chi connectivity index (χ1n) is 25.2. The first-order valence-corrected chi connectivity index (χ1v) is 25.2. The van der Waals surface area contributed by atoms with Gasteiger partial charge in [0, 0.05) is 5.41 Å². The second-order valence-electron chi connectivity index (χ2n) is 20.9. The average molecular weight is 895 g/mol. The van der Waals surface area contributed by atoms with Crippen LogP contribution in [0.4, 0.5) is 0 Å². The van der Waals surface area contributed by atoms with Crippen molar-refractivity contribution >= 4 is 53.9 Å². The van der Waals surface area contributed by atoms with Gasteiger partial charge in [-0.1, -0.05) is 214 Å². The van der Waals surface area contributed by atoms with E-state index in [9.17, 15) is 0 Å². The summed E-state index contributed by atoms with van der Waals surface area (Å²) in [6.07, 6.45) is 0. The molecule has 0 saturated carbocycles. The lowest BCUT2D eigenvalue weighted by Gasteiger charge is -2.25. The van der Waals surface area contributed by atoms with Gasteiger partial charge >= 0.3 is 0 Å². The van der Waals surface area contributed by atoms with Crippen LogP contribution < -0.4 is 0 Å². The smallest absolute Gasteiger partial charge is 0.0159 e. The van der Waals surface area contributed by atoms with Gasteiger partial charge in [-0.15, -0.1) is 0 Å². The highest BCUT2D eigenvalue weighted by Crippen LogP contribution is 2.58. The molecule has 0 amide bonds. The lowest BCUT2D eigenvalue weighted by atomic mass is 9.78. The van der Waals surface area contributed by atoms with Crippen molar-refractivity contribution in [3.05, 3.63) is 230 Å². The van der Waals surface area contributed by atoms with E-state index >= 15 is 0 Å². The normalized spacial score (nSPS) is 13.6. The summed E-state index contributed by atoms with van der Waals surface area (Å²) in [5, 5.41) is 13.2. The van der Waals surface area contributed by atoms with Crippen molar-refractivity contribution in [3.8, 4) is 111 Å². The van der Waals surface area contributed by atoms with Gasteiger partial charge in [0.25, 0.3) is 0 Å². The van der Waals surface area contributed by atoms with Crippen molar-refractivity contribution in [1.29, 1.82) is 0 Å². The molecule has 71 heavy (non-hydrogen) atoms. The van der Waals surface area contributed by atoms with Gasteiger partial charge < -0.3 is 0 Å². The maximum Gasteiger partial charge on any atom is 0.0159 e. The monoisotopic (exact) mass is 894 g/mol. The molecule has 0 unspecified atom stereocenters. The van der Waals surface area contributed by atoms with Gasteiger partial charge in [-0.05, 0) is 194 Å². The summed E-state index contributed by atoms with van der Waals surface area (Å²) in [5.41, 5.74) is 28.8. The Morgan fingerprint density at radius 1 is 0.211 bits per heavy atom. The van der Waals surface area contributed by atoms with Gasteiger partial charge in [0.15, 0.2) is 0 Å². The van der Waals surface area contributed by atoms with Crippen LogP contribution in [0.1, 0.15) is 25.0 Å². The molecular formula is C71H42. The van der Waals surface area contributed by atoms with E-state index in [1.165, 1.54) is 176 Å². The fourth-order valence-electron chi connectivity index (χ4n) is 14.3. The maximum atomic E-state index is 2.61. The lowest BCUT2D eigenvalue weighted by Crippen LogP contribution is -2.15. The number of hydrogen-bond acceptors (Lipinski definition) is 0. The molecule has 0 spiro atoms. The standard InChI is InChI=1S/C71H42/c1-71(2)64-36-39(40-30-31-56-44-17-6-3-14-41(44)49-23-11-22-48(40)66(49)56)28-29-47(64)61-37-62-63(38-65(61)71)70(60-35-33-58-46-19-8-5-16-43(46)51-25-13-27-55(60)68(51)58)53-21-10-9-20-52(53)69(62)59-34-32-57-45-18-7-4-15-42(45)50-24-12-26-54(59)67(50)57/h3-38H,1-2H3. The molecule has 0 N–H and O–H groups in total. The van der Waals surface area contributed by atoms with Crippen LogP contribution in [0, 0.1) is 0 Å². The third kappa shape index (κ3) is 4.71. The molecule has 0 saturated heterocycles. The zero-order chi connectivity index (χ0) is 46.4. The molecule has 0 atom stereocenters. The SMILES string of the molecule is CC1(C)c2cc(-c3ccc4c5c(cccc35)-c3ccccc3-4)ccc2-c2cc3c(-c4ccc5c6c(cccc46)-c4ccccc4-5)c4ccccc4c(-c4ccc5c6c(cccc46)-c4ccccc4-5)c3cc21. The quantitative estimate of drug-likeness (QED) is 0.155. The molecule has 0 radical (unpaired) electrons. The Bertz CT molecular complexity index is 4560. The Balaban J connectivity index is 0.954. The minimum atomic E-state index is -0.263. The van der Waals surface area contributed by atoms with Crippen LogP contribution in [-0.2, 0) is 5.41 Å². The van der Waals surface area contributed by atoms with E-state index in [4.69, 9.17) is 0 Å². The molecule has 0 nitrogen and oxygen atoms in total. The van der Waals surface area contributed by atoms with E-state index in [-0.39, 0.29) is 5.41 Å².